The Morgan fingerprint density at radius 3 is 1.56 bits per heavy atom. The standard InChI is InChI=1S/C13H19N.C12H17N/c1-12-7-9-14(10-8-12)11-13-5-3-2-4-6-13;1-11-7-8-13(9-11)10-12-5-3-2-4-6-12/h2-6,12H,7-11H2,1H3;2-6,11H,7-10H2,1H3/t;11-/m.0/s1. The molecule has 2 fully saturated rings. The summed E-state index contributed by atoms with van der Waals surface area (Å²) in [5.74, 6) is 1.82. The van der Waals surface area contributed by atoms with E-state index in [9.17, 15) is 0 Å². The van der Waals surface area contributed by atoms with E-state index in [4.69, 9.17) is 0 Å². The van der Waals surface area contributed by atoms with Gasteiger partial charge in [0.1, 0.15) is 0 Å². The Hall–Kier alpha value is -1.64. The lowest BCUT2D eigenvalue weighted by molar-refractivity contribution is 0.185. The van der Waals surface area contributed by atoms with Gasteiger partial charge in [-0.2, -0.15) is 0 Å². The van der Waals surface area contributed by atoms with E-state index in [1.807, 2.05) is 0 Å². The van der Waals surface area contributed by atoms with Crippen molar-refractivity contribution < 1.29 is 0 Å². The van der Waals surface area contributed by atoms with Gasteiger partial charge in [0.05, 0.1) is 0 Å². The molecular weight excluding hydrogens is 328 g/mol. The van der Waals surface area contributed by atoms with E-state index >= 15 is 0 Å². The highest BCUT2D eigenvalue weighted by Crippen LogP contribution is 2.18. The second-order valence-electron chi connectivity index (χ2n) is 8.56. The topological polar surface area (TPSA) is 6.48 Å². The molecule has 2 saturated heterocycles. The number of nitrogens with zero attached hydrogens (tertiary/aromatic N) is 2. The van der Waals surface area contributed by atoms with E-state index < -0.39 is 0 Å². The molecule has 0 aliphatic carbocycles. The molecule has 2 aromatic carbocycles. The zero-order valence-corrected chi connectivity index (χ0v) is 17.2. The molecule has 0 radical (unpaired) electrons. The van der Waals surface area contributed by atoms with Gasteiger partial charge in [0, 0.05) is 19.6 Å². The van der Waals surface area contributed by atoms with Crippen molar-refractivity contribution in [1.29, 1.82) is 0 Å². The van der Waals surface area contributed by atoms with Crippen LogP contribution < -0.4 is 0 Å². The maximum atomic E-state index is 2.56. The third kappa shape index (κ3) is 7.12. The molecule has 0 bridgehead atoms. The summed E-state index contributed by atoms with van der Waals surface area (Å²) in [5, 5.41) is 0. The predicted molar refractivity (Wildman–Crippen MR) is 116 cm³/mol. The number of rotatable bonds is 4. The fraction of sp³-hybridized carbons (Fsp3) is 0.520. The molecule has 0 unspecified atom stereocenters. The number of hydrogen-bond donors (Lipinski definition) is 0. The highest BCUT2D eigenvalue weighted by molar-refractivity contribution is 5.15. The Balaban J connectivity index is 0.000000156. The molecule has 2 heteroatoms. The summed E-state index contributed by atoms with van der Waals surface area (Å²) < 4.78 is 0. The van der Waals surface area contributed by atoms with Crippen LogP contribution in [0.15, 0.2) is 60.7 Å². The molecule has 2 heterocycles. The van der Waals surface area contributed by atoms with Crippen LogP contribution in [0.25, 0.3) is 0 Å². The smallest absolute Gasteiger partial charge is 0.0233 e. The minimum absolute atomic E-state index is 0.892. The van der Waals surface area contributed by atoms with E-state index in [1.54, 1.807) is 0 Å². The molecule has 0 amide bonds. The maximum Gasteiger partial charge on any atom is 0.0233 e. The molecule has 2 aliphatic heterocycles. The van der Waals surface area contributed by atoms with Crippen molar-refractivity contribution in [2.24, 2.45) is 11.8 Å². The van der Waals surface area contributed by atoms with Crippen molar-refractivity contribution >= 4 is 0 Å². The van der Waals surface area contributed by atoms with Gasteiger partial charge in [-0.25, -0.2) is 0 Å². The van der Waals surface area contributed by atoms with Crippen LogP contribution in [0.1, 0.15) is 44.2 Å². The van der Waals surface area contributed by atoms with Gasteiger partial charge in [-0.3, -0.25) is 9.80 Å². The molecule has 0 N–H and O–H groups in total. The summed E-state index contributed by atoms with van der Waals surface area (Å²) in [4.78, 5) is 5.11. The first-order chi connectivity index (χ1) is 13.2. The number of piperidine rings is 1. The molecule has 2 nitrogen and oxygen atoms in total. The van der Waals surface area contributed by atoms with Gasteiger partial charge in [0.15, 0.2) is 0 Å². The van der Waals surface area contributed by atoms with E-state index in [-0.39, 0.29) is 0 Å². The third-order valence-electron chi connectivity index (χ3n) is 5.88. The average Bonchev–Trinajstić information content (AvgIpc) is 3.10. The lowest BCUT2D eigenvalue weighted by Gasteiger charge is -2.30. The molecule has 2 aliphatic rings. The lowest BCUT2D eigenvalue weighted by atomic mass is 9.99. The van der Waals surface area contributed by atoms with Gasteiger partial charge in [-0.1, -0.05) is 74.5 Å². The largest absolute Gasteiger partial charge is 0.299 e. The number of hydrogen-bond acceptors (Lipinski definition) is 2. The van der Waals surface area contributed by atoms with Crippen molar-refractivity contribution in [2.75, 3.05) is 26.2 Å². The molecule has 0 spiro atoms. The second kappa shape index (κ2) is 10.6. The van der Waals surface area contributed by atoms with Crippen LogP contribution in [0.3, 0.4) is 0 Å². The molecule has 4 rings (SSSR count). The average molecular weight is 365 g/mol. The molecule has 27 heavy (non-hydrogen) atoms. The summed E-state index contributed by atoms with van der Waals surface area (Å²) in [5.41, 5.74) is 2.89. The molecule has 1 atom stereocenters. The lowest BCUT2D eigenvalue weighted by Crippen LogP contribution is -2.32. The molecule has 0 saturated carbocycles. The summed E-state index contributed by atoms with van der Waals surface area (Å²) in [6.07, 6.45) is 4.10. The van der Waals surface area contributed by atoms with Gasteiger partial charge in [-0.05, 0) is 61.9 Å². The van der Waals surface area contributed by atoms with Gasteiger partial charge in [-0.15, -0.1) is 0 Å². The first kappa shape index (κ1) is 20.1. The van der Waals surface area contributed by atoms with Crippen molar-refractivity contribution in [1.82, 2.24) is 9.80 Å². The highest BCUT2D eigenvalue weighted by atomic mass is 15.1. The Morgan fingerprint density at radius 1 is 0.630 bits per heavy atom. The third-order valence-corrected chi connectivity index (χ3v) is 5.88. The monoisotopic (exact) mass is 364 g/mol. The second-order valence-corrected chi connectivity index (χ2v) is 8.56. The minimum atomic E-state index is 0.892. The fourth-order valence-corrected chi connectivity index (χ4v) is 4.07. The van der Waals surface area contributed by atoms with E-state index in [2.05, 4.69) is 84.3 Å². The SMILES string of the molecule is CC1CCN(Cc2ccccc2)CC1.C[C@H]1CCN(Cc2ccccc2)C1. The Morgan fingerprint density at radius 2 is 1.07 bits per heavy atom. The van der Waals surface area contributed by atoms with Crippen LogP contribution in [0.4, 0.5) is 0 Å². The molecule has 146 valence electrons. The zero-order valence-electron chi connectivity index (χ0n) is 17.2. The zero-order chi connectivity index (χ0) is 18.9. The number of benzene rings is 2. The Labute approximate surface area is 166 Å². The fourth-order valence-electron chi connectivity index (χ4n) is 4.07. The summed E-state index contributed by atoms with van der Waals surface area (Å²) in [7, 11) is 0. The van der Waals surface area contributed by atoms with Crippen LogP contribution >= 0.6 is 0 Å². The Bertz CT molecular complexity index is 632. The normalized spacial score (nSPS) is 21.6. The summed E-state index contributed by atoms with van der Waals surface area (Å²) >= 11 is 0. The molecular formula is C25H36N2. The molecule has 0 aromatic heterocycles. The van der Waals surface area contributed by atoms with Crippen LogP contribution in [0.5, 0.6) is 0 Å². The van der Waals surface area contributed by atoms with Gasteiger partial charge >= 0.3 is 0 Å². The van der Waals surface area contributed by atoms with Crippen molar-refractivity contribution in [3.63, 3.8) is 0 Å². The van der Waals surface area contributed by atoms with E-state index in [0.717, 1.165) is 24.9 Å². The highest BCUT2D eigenvalue weighted by Gasteiger charge is 2.18. The van der Waals surface area contributed by atoms with Crippen molar-refractivity contribution in [3.8, 4) is 0 Å². The predicted octanol–water partition coefficient (Wildman–Crippen LogP) is 5.45. The minimum Gasteiger partial charge on any atom is -0.299 e. The first-order valence-electron chi connectivity index (χ1n) is 10.7. The van der Waals surface area contributed by atoms with Gasteiger partial charge in [0.2, 0.25) is 0 Å². The Kier molecular flexibility index (Phi) is 7.92. The maximum absolute atomic E-state index is 2.56. The van der Waals surface area contributed by atoms with Crippen LogP contribution in [0, 0.1) is 11.8 Å². The van der Waals surface area contributed by atoms with Crippen LogP contribution in [-0.2, 0) is 13.1 Å². The van der Waals surface area contributed by atoms with Crippen molar-refractivity contribution in [2.45, 2.75) is 46.2 Å². The van der Waals surface area contributed by atoms with Gasteiger partial charge in [0.25, 0.3) is 0 Å². The first-order valence-corrected chi connectivity index (χ1v) is 10.7. The van der Waals surface area contributed by atoms with Crippen LogP contribution in [-0.4, -0.2) is 36.0 Å². The van der Waals surface area contributed by atoms with Crippen molar-refractivity contribution in [3.05, 3.63) is 71.8 Å². The van der Waals surface area contributed by atoms with E-state index in [0.29, 0.717) is 0 Å². The van der Waals surface area contributed by atoms with Crippen LogP contribution in [0.2, 0.25) is 0 Å². The van der Waals surface area contributed by atoms with E-state index in [1.165, 1.54) is 56.6 Å². The van der Waals surface area contributed by atoms with Gasteiger partial charge < -0.3 is 0 Å². The summed E-state index contributed by atoms with van der Waals surface area (Å²) in [6, 6.07) is 21.5. The number of likely N-dealkylation sites (tertiary alicyclic amines) is 2. The quantitative estimate of drug-likeness (QED) is 0.712. The molecule has 2 aromatic rings. The summed E-state index contributed by atoms with van der Waals surface area (Å²) in [6.45, 7) is 12.1.